The summed E-state index contributed by atoms with van der Waals surface area (Å²) in [5, 5.41) is 3.17. The average molecular weight is 375 g/mol. The van der Waals surface area contributed by atoms with Crippen LogP contribution in [0, 0.1) is 0 Å². The van der Waals surface area contributed by atoms with Gasteiger partial charge in [0.1, 0.15) is 6.61 Å². The van der Waals surface area contributed by atoms with Crippen LogP contribution >= 0.6 is 0 Å². The first-order chi connectivity index (χ1) is 13.1. The summed E-state index contributed by atoms with van der Waals surface area (Å²) < 4.78 is 5.24. The lowest BCUT2D eigenvalue weighted by Crippen LogP contribution is -2.46. The van der Waals surface area contributed by atoms with Gasteiger partial charge in [0.25, 0.3) is 0 Å². The van der Waals surface area contributed by atoms with Crippen molar-refractivity contribution in [1.82, 2.24) is 10.2 Å². The number of carbonyl (C=O) groups excluding carboxylic acids is 3. The maximum atomic E-state index is 12.6. The predicted molar refractivity (Wildman–Crippen MR) is 102 cm³/mol. The van der Waals surface area contributed by atoms with E-state index in [1.54, 1.807) is 0 Å². The molecule has 0 aromatic heterocycles. The van der Waals surface area contributed by atoms with Gasteiger partial charge in [0, 0.05) is 25.9 Å². The standard InChI is InChI=1S/C20H29N3O4/c21-18(24)11-10-17(20(26)23-13-4-5-14-23)22-12-6-9-19(25)27-15-16-7-2-1-3-8-16/h1-3,7-8,17,22H,4-6,9-15H2,(H2,21,24)/t17-/m0/s1. The van der Waals surface area contributed by atoms with Gasteiger partial charge in [-0.2, -0.15) is 0 Å². The van der Waals surface area contributed by atoms with Crippen LogP contribution in [0.15, 0.2) is 30.3 Å². The van der Waals surface area contributed by atoms with Gasteiger partial charge in [0.15, 0.2) is 0 Å². The molecule has 7 heteroatoms. The summed E-state index contributed by atoms with van der Waals surface area (Å²) in [7, 11) is 0. The Morgan fingerprint density at radius 3 is 2.48 bits per heavy atom. The van der Waals surface area contributed by atoms with Crippen LogP contribution in [0.25, 0.3) is 0 Å². The third kappa shape index (κ3) is 7.78. The first-order valence-electron chi connectivity index (χ1n) is 9.56. The van der Waals surface area contributed by atoms with E-state index in [1.165, 1.54) is 0 Å². The Morgan fingerprint density at radius 2 is 1.81 bits per heavy atom. The number of rotatable bonds is 11. The Hall–Kier alpha value is -2.41. The number of nitrogens with two attached hydrogens (primary N) is 1. The lowest BCUT2D eigenvalue weighted by molar-refractivity contribution is -0.145. The molecule has 0 aliphatic carbocycles. The minimum atomic E-state index is -0.434. The number of hydrogen-bond donors (Lipinski definition) is 2. The van der Waals surface area contributed by atoms with E-state index in [2.05, 4.69) is 5.32 Å². The van der Waals surface area contributed by atoms with Crippen LogP contribution in [0.5, 0.6) is 0 Å². The Bertz CT molecular complexity index is 615. The molecule has 0 unspecified atom stereocenters. The van der Waals surface area contributed by atoms with Crippen LogP contribution in [0.3, 0.4) is 0 Å². The number of amides is 2. The van der Waals surface area contributed by atoms with Gasteiger partial charge in [0.2, 0.25) is 11.8 Å². The fraction of sp³-hybridized carbons (Fsp3) is 0.550. The molecule has 1 aliphatic heterocycles. The van der Waals surface area contributed by atoms with Crippen LogP contribution in [0.4, 0.5) is 0 Å². The highest BCUT2D eigenvalue weighted by molar-refractivity contribution is 5.83. The number of likely N-dealkylation sites (tertiary alicyclic amines) is 1. The molecule has 1 atom stereocenters. The predicted octanol–water partition coefficient (Wildman–Crippen LogP) is 1.36. The largest absolute Gasteiger partial charge is 0.461 e. The van der Waals surface area contributed by atoms with Crippen LogP contribution < -0.4 is 11.1 Å². The van der Waals surface area contributed by atoms with Crippen LogP contribution in [0.1, 0.15) is 44.1 Å². The second-order valence-electron chi connectivity index (χ2n) is 6.79. The van der Waals surface area contributed by atoms with Gasteiger partial charge in [0.05, 0.1) is 6.04 Å². The zero-order valence-corrected chi connectivity index (χ0v) is 15.7. The van der Waals surface area contributed by atoms with Crippen molar-refractivity contribution >= 4 is 17.8 Å². The summed E-state index contributed by atoms with van der Waals surface area (Å²) in [5.41, 5.74) is 6.17. The molecule has 3 N–H and O–H groups in total. The fourth-order valence-corrected chi connectivity index (χ4v) is 3.08. The summed E-state index contributed by atoms with van der Waals surface area (Å²) in [6.45, 7) is 2.30. The van der Waals surface area contributed by atoms with Gasteiger partial charge in [-0.25, -0.2) is 0 Å². The maximum Gasteiger partial charge on any atom is 0.306 e. The van der Waals surface area contributed by atoms with E-state index >= 15 is 0 Å². The van der Waals surface area contributed by atoms with Crippen molar-refractivity contribution in [2.24, 2.45) is 5.73 Å². The maximum absolute atomic E-state index is 12.6. The highest BCUT2D eigenvalue weighted by Crippen LogP contribution is 2.11. The first kappa shape index (κ1) is 20.9. The van der Waals surface area contributed by atoms with Crippen molar-refractivity contribution in [3.8, 4) is 0 Å². The molecular formula is C20H29N3O4. The molecule has 0 radical (unpaired) electrons. The Labute approximate surface area is 160 Å². The number of hydrogen-bond acceptors (Lipinski definition) is 5. The topological polar surface area (TPSA) is 102 Å². The quantitative estimate of drug-likeness (QED) is 0.449. The van der Waals surface area contributed by atoms with E-state index in [-0.39, 0.29) is 31.3 Å². The molecule has 0 saturated carbocycles. The van der Waals surface area contributed by atoms with E-state index < -0.39 is 11.9 Å². The summed E-state index contributed by atoms with van der Waals surface area (Å²) >= 11 is 0. The highest BCUT2D eigenvalue weighted by Gasteiger charge is 2.26. The zero-order chi connectivity index (χ0) is 19.5. The molecular weight excluding hydrogens is 346 g/mol. The zero-order valence-electron chi connectivity index (χ0n) is 15.7. The third-order valence-corrected chi connectivity index (χ3v) is 4.59. The van der Waals surface area contributed by atoms with Crippen LogP contribution in [-0.4, -0.2) is 48.4 Å². The number of primary amides is 1. The third-order valence-electron chi connectivity index (χ3n) is 4.59. The molecule has 1 heterocycles. The van der Waals surface area contributed by atoms with Crippen molar-refractivity contribution in [2.45, 2.75) is 51.2 Å². The van der Waals surface area contributed by atoms with Gasteiger partial charge >= 0.3 is 5.97 Å². The second kappa shape index (κ2) is 11.3. The van der Waals surface area contributed by atoms with Crippen molar-refractivity contribution in [1.29, 1.82) is 0 Å². The molecule has 7 nitrogen and oxygen atoms in total. The Morgan fingerprint density at radius 1 is 1.11 bits per heavy atom. The lowest BCUT2D eigenvalue weighted by atomic mass is 10.1. The normalized spacial score (nSPS) is 14.7. The number of esters is 1. The van der Waals surface area contributed by atoms with E-state index in [0.717, 1.165) is 31.5 Å². The van der Waals surface area contributed by atoms with E-state index in [1.807, 2.05) is 35.2 Å². The number of carbonyl (C=O) groups is 3. The van der Waals surface area contributed by atoms with Gasteiger partial charge in [-0.15, -0.1) is 0 Å². The summed E-state index contributed by atoms with van der Waals surface area (Å²) in [5.74, 6) is -0.666. The number of nitrogens with one attached hydrogen (secondary N) is 1. The molecule has 0 spiro atoms. The molecule has 1 saturated heterocycles. The summed E-state index contributed by atoms with van der Waals surface area (Å²) in [6, 6.07) is 9.09. The van der Waals surface area contributed by atoms with Crippen LogP contribution in [-0.2, 0) is 25.7 Å². The Kier molecular flexibility index (Phi) is 8.77. The minimum Gasteiger partial charge on any atom is -0.461 e. The molecule has 1 aromatic carbocycles. The number of ether oxygens (including phenoxy) is 1. The van der Waals surface area contributed by atoms with Gasteiger partial charge < -0.3 is 20.7 Å². The summed E-state index contributed by atoms with van der Waals surface area (Å²) in [6.07, 6.45) is 3.41. The first-order valence-corrected chi connectivity index (χ1v) is 9.56. The molecule has 1 aromatic rings. The molecule has 2 rings (SSSR count). The second-order valence-corrected chi connectivity index (χ2v) is 6.79. The number of benzene rings is 1. The molecule has 148 valence electrons. The molecule has 0 bridgehead atoms. The number of nitrogens with zero attached hydrogens (tertiary/aromatic N) is 1. The lowest BCUT2D eigenvalue weighted by Gasteiger charge is -2.23. The van der Waals surface area contributed by atoms with Crippen molar-refractivity contribution in [3.63, 3.8) is 0 Å². The molecule has 27 heavy (non-hydrogen) atoms. The van der Waals surface area contributed by atoms with Crippen LogP contribution in [0.2, 0.25) is 0 Å². The van der Waals surface area contributed by atoms with Crippen molar-refractivity contribution in [2.75, 3.05) is 19.6 Å². The van der Waals surface area contributed by atoms with Crippen molar-refractivity contribution < 1.29 is 19.1 Å². The summed E-state index contributed by atoms with van der Waals surface area (Å²) in [4.78, 5) is 37.3. The minimum absolute atomic E-state index is 0.0143. The Balaban J connectivity index is 1.69. The highest BCUT2D eigenvalue weighted by atomic mass is 16.5. The van der Waals surface area contributed by atoms with Crippen molar-refractivity contribution in [3.05, 3.63) is 35.9 Å². The molecule has 2 amide bonds. The molecule has 1 aliphatic rings. The van der Waals surface area contributed by atoms with E-state index in [9.17, 15) is 14.4 Å². The monoisotopic (exact) mass is 375 g/mol. The van der Waals surface area contributed by atoms with E-state index in [4.69, 9.17) is 10.5 Å². The molecule has 1 fully saturated rings. The fourth-order valence-electron chi connectivity index (χ4n) is 3.08. The van der Waals surface area contributed by atoms with Gasteiger partial charge in [-0.1, -0.05) is 30.3 Å². The smallest absolute Gasteiger partial charge is 0.306 e. The SMILES string of the molecule is NC(=O)CC[C@H](NCCCC(=O)OCc1ccccc1)C(=O)N1CCCC1. The average Bonchev–Trinajstić information content (AvgIpc) is 3.20. The van der Waals surface area contributed by atoms with Gasteiger partial charge in [-0.3, -0.25) is 14.4 Å². The van der Waals surface area contributed by atoms with E-state index in [0.29, 0.717) is 19.4 Å². The van der Waals surface area contributed by atoms with Gasteiger partial charge in [-0.05, 0) is 37.8 Å².